The van der Waals surface area contributed by atoms with Gasteiger partial charge in [0.15, 0.2) is 46.0 Å². The van der Waals surface area contributed by atoms with E-state index in [0.29, 0.717) is 5.56 Å². The van der Waals surface area contributed by atoms with Crippen LogP contribution in [0.2, 0.25) is 0 Å². The normalized spacial score (nSPS) is 11.8. The number of hydrogen-bond donors (Lipinski definition) is 12. The van der Waals surface area contributed by atoms with Crippen molar-refractivity contribution >= 4 is 77.9 Å². The van der Waals surface area contributed by atoms with Gasteiger partial charge in [-0.3, -0.25) is 0 Å². The van der Waals surface area contributed by atoms with Crippen LogP contribution in [0.5, 0.6) is 69.0 Å². The van der Waals surface area contributed by atoms with Gasteiger partial charge in [-0.05, 0) is 96.3 Å². The van der Waals surface area contributed by atoms with Crippen molar-refractivity contribution in [3.05, 3.63) is 126 Å². The fraction of sp³-hybridized carbons (Fsp3) is 0.0357. The number of phenolic OH excluding ortho intramolecular Hbond substituents is 12. The number of benzene rings is 11. The Morgan fingerprint density at radius 1 is 0.275 bits per heavy atom. The molecule has 2 radical (unpaired) electrons. The summed E-state index contributed by atoms with van der Waals surface area (Å²) in [6, 6.07) is 38.0. The molecule has 0 amide bonds. The second-order valence-corrected chi connectivity index (χ2v) is 17.2. The van der Waals surface area contributed by atoms with Crippen LogP contribution in [-0.4, -0.2) is 69.1 Å². The van der Waals surface area contributed by atoms with Gasteiger partial charge in [0, 0.05) is 33.0 Å². The molecule has 0 aliphatic heterocycles. The SMILES string of the molecule is [B]c1c(O)c(O)c2c(O)c(-c3c4c(C)c(O)c(O)c(C)c4c(-c4ccc(-c5ccccc5-c5ccc6c7ccccc7c7ccccc7c6c5)cc4)c4c(O)c(O)c(O)c(O)c34)c(O)c(O)c2c1O. The van der Waals surface area contributed by atoms with Crippen LogP contribution in [-0.2, 0) is 0 Å². The highest BCUT2D eigenvalue weighted by Crippen LogP contribution is 2.63. The Morgan fingerprint density at radius 3 is 1.22 bits per heavy atom. The lowest BCUT2D eigenvalue weighted by molar-refractivity contribution is 0.351. The number of aryl methyl sites for hydroxylation is 2. The number of aromatic hydroxyl groups is 12. The van der Waals surface area contributed by atoms with E-state index in [1.807, 2.05) is 60.7 Å². The number of fused-ring (bicyclic) bond motifs is 9. The molecule has 11 rings (SSSR count). The zero-order valence-electron chi connectivity index (χ0n) is 36.4. The summed E-state index contributed by atoms with van der Waals surface area (Å²) in [5.74, 6) is -12.5. The molecule has 0 saturated carbocycles. The number of rotatable bonds is 4. The Labute approximate surface area is 391 Å². The summed E-state index contributed by atoms with van der Waals surface area (Å²) in [7, 11) is 5.75. The summed E-state index contributed by atoms with van der Waals surface area (Å²) in [5, 5.41) is 141. The van der Waals surface area contributed by atoms with Crippen LogP contribution in [0.25, 0.3) is 109 Å². The standard InChI is InChI=1S/C56H37BO12/c1-22-35-36(23(2)46(59)45(22)58)38(41-47(60)42-43(52(65)51(41)64)48(61)44(57)54(67)53(42)66)40-39(49(62)55(68)56(69)50(40)63)37(35)25-17-15-24(16-18-25)27-9-3-4-10-28(27)26-19-20-33-31-13-6-5-11-29(31)30-12-7-8-14-32(30)34(33)21-26/h3-21,58-69H,1-2H3. The maximum Gasteiger partial charge on any atom is 0.204 e. The summed E-state index contributed by atoms with van der Waals surface area (Å²) in [6.45, 7) is 2.78. The van der Waals surface area contributed by atoms with E-state index in [1.54, 1.807) is 12.1 Å². The van der Waals surface area contributed by atoms with Crippen molar-refractivity contribution < 1.29 is 61.3 Å². The lowest BCUT2D eigenvalue weighted by Crippen LogP contribution is -2.05. The molecular formula is C56H37BO12. The molecule has 336 valence electrons. The first kappa shape index (κ1) is 42.3. The van der Waals surface area contributed by atoms with Crippen LogP contribution < -0.4 is 5.46 Å². The fourth-order valence-electron chi connectivity index (χ4n) is 10.3. The van der Waals surface area contributed by atoms with Crippen LogP contribution in [0.4, 0.5) is 0 Å². The maximum atomic E-state index is 12.0. The van der Waals surface area contributed by atoms with Gasteiger partial charge < -0.3 is 61.3 Å². The van der Waals surface area contributed by atoms with Crippen LogP contribution in [0.15, 0.2) is 115 Å². The van der Waals surface area contributed by atoms with Crippen molar-refractivity contribution in [2.24, 2.45) is 0 Å². The van der Waals surface area contributed by atoms with Crippen molar-refractivity contribution in [1.82, 2.24) is 0 Å². The molecule has 69 heavy (non-hydrogen) atoms. The lowest BCUT2D eigenvalue weighted by Gasteiger charge is -2.25. The monoisotopic (exact) mass is 912 g/mol. The molecule has 0 heterocycles. The second-order valence-electron chi connectivity index (χ2n) is 17.2. The third-order valence-corrected chi connectivity index (χ3v) is 13.7. The van der Waals surface area contributed by atoms with Gasteiger partial charge in [0.2, 0.25) is 11.5 Å². The van der Waals surface area contributed by atoms with Gasteiger partial charge in [0.1, 0.15) is 19.3 Å². The predicted molar refractivity (Wildman–Crippen MR) is 268 cm³/mol. The Balaban J connectivity index is 1.19. The summed E-state index contributed by atoms with van der Waals surface area (Å²) >= 11 is 0. The highest BCUT2D eigenvalue weighted by Gasteiger charge is 2.35. The van der Waals surface area contributed by atoms with Gasteiger partial charge in [0.25, 0.3) is 0 Å². The van der Waals surface area contributed by atoms with Crippen molar-refractivity contribution in [1.29, 1.82) is 0 Å². The molecule has 11 aromatic rings. The number of phenols is 12. The Kier molecular flexibility index (Phi) is 9.09. The quantitative estimate of drug-likeness (QED) is 0.0259. The van der Waals surface area contributed by atoms with Crippen LogP contribution in [0.1, 0.15) is 11.1 Å². The Bertz CT molecular complexity index is 4010. The van der Waals surface area contributed by atoms with E-state index in [-0.39, 0.29) is 27.5 Å². The summed E-state index contributed by atoms with van der Waals surface area (Å²) < 4.78 is 0. The minimum atomic E-state index is -1.24. The molecule has 11 aromatic carbocycles. The third-order valence-electron chi connectivity index (χ3n) is 13.7. The third kappa shape index (κ3) is 5.64. The second kappa shape index (κ2) is 14.8. The number of hydrogen-bond acceptors (Lipinski definition) is 12. The Hall–Kier alpha value is -9.36. The van der Waals surface area contributed by atoms with Gasteiger partial charge in [-0.15, -0.1) is 0 Å². The maximum absolute atomic E-state index is 12.0. The summed E-state index contributed by atoms with van der Waals surface area (Å²) in [4.78, 5) is 0. The van der Waals surface area contributed by atoms with Gasteiger partial charge in [-0.1, -0.05) is 109 Å². The zero-order chi connectivity index (χ0) is 48.6. The van der Waals surface area contributed by atoms with Gasteiger partial charge in [0.05, 0.1) is 16.3 Å². The molecule has 0 aliphatic rings. The minimum absolute atomic E-state index is 0.0276. The van der Waals surface area contributed by atoms with E-state index in [4.69, 9.17) is 7.85 Å². The highest BCUT2D eigenvalue weighted by molar-refractivity contribution is 6.39. The molecule has 0 aromatic heterocycles. The van der Waals surface area contributed by atoms with Crippen molar-refractivity contribution in [3.8, 4) is 114 Å². The molecule has 0 unspecified atom stereocenters. The van der Waals surface area contributed by atoms with E-state index >= 15 is 0 Å². The first-order chi connectivity index (χ1) is 33.0. The molecule has 0 spiro atoms. The van der Waals surface area contributed by atoms with E-state index in [2.05, 4.69) is 42.5 Å². The average molecular weight is 913 g/mol. The zero-order valence-corrected chi connectivity index (χ0v) is 36.4. The molecule has 0 aliphatic carbocycles. The smallest absolute Gasteiger partial charge is 0.204 e. The van der Waals surface area contributed by atoms with Crippen molar-refractivity contribution in [2.45, 2.75) is 13.8 Å². The molecule has 0 atom stereocenters. The molecule has 12 nitrogen and oxygen atoms in total. The summed E-state index contributed by atoms with van der Waals surface area (Å²) in [5.41, 5.74) is 1.57. The van der Waals surface area contributed by atoms with Crippen molar-refractivity contribution in [2.75, 3.05) is 0 Å². The molecule has 0 bridgehead atoms. The predicted octanol–water partition coefficient (Wildman–Crippen LogP) is 11.2. The minimum Gasteiger partial charge on any atom is -0.508 e. The van der Waals surface area contributed by atoms with Gasteiger partial charge in [-0.2, -0.15) is 0 Å². The highest BCUT2D eigenvalue weighted by atomic mass is 16.3. The molecule has 0 saturated heterocycles. The first-order valence-corrected chi connectivity index (χ1v) is 21.5. The molecule has 0 fully saturated rings. The topological polar surface area (TPSA) is 243 Å². The lowest BCUT2D eigenvalue weighted by atomic mass is 9.80. The van der Waals surface area contributed by atoms with Gasteiger partial charge >= 0.3 is 0 Å². The van der Waals surface area contributed by atoms with Crippen LogP contribution >= 0.6 is 0 Å². The van der Waals surface area contributed by atoms with E-state index in [1.165, 1.54) is 13.8 Å². The Morgan fingerprint density at radius 2 is 0.667 bits per heavy atom. The van der Waals surface area contributed by atoms with Crippen LogP contribution in [0.3, 0.4) is 0 Å². The van der Waals surface area contributed by atoms with Gasteiger partial charge in [-0.25, -0.2) is 0 Å². The fourth-order valence-corrected chi connectivity index (χ4v) is 10.3. The van der Waals surface area contributed by atoms with Crippen LogP contribution in [0, 0.1) is 13.8 Å². The molecule has 13 heteroatoms. The largest absolute Gasteiger partial charge is 0.508 e. The summed E-state index contributed by atoms with van der Waals surface area (Å²) in [6.07, 6.45) is 0. The van der Waals surface area contributed by atoms with E-state index in [9.17, 15) is 61.3 Å². The molecule has 12 N–H and O–H groups in total. The van der Waals surface area contributed by atoms with Crippen molar-refractivity contribution in [3.63, 3.8) is 0 Å². The first-order valence-electron chi connectivity index (χ1n) is 21.5. The van der Waals surface area contributed by atoms with E-state index < -0.39 is 107 Å². The molecular weight excluding hydrogens is 875 g/mol. The average Bonchev–Trinajstić information content (AvgIpc) is 3.37. The van der Waals surface area contributed by atoms with E-state index in [0.717, 1.165) is 54.6 Å².